The lowest BCUT2D eigenvalue weighted by molar-refractivity contribution is -0.136. The number of hydrogen-bond donors (Lipinski definition) is 12. The second kappa shape index (κ2) is 29.9. The van der Waals surface area contributed by atoms with Crippen molar-refractivity contribution in [3.63, 3.8) is 0 Å². The summed E-state index contributed by atoms with van der Waals surface area (Å²) in [6.07, 6.45) is 2.56. The third-order valence-corrected chi connectivity index (χ3v) is 17.3. The van der Waals surface area contributed by atoms with Gasteiger partial charge < -0.3 is 64.5 Å². The van der Waals surface area contributed by atoms with E-state index in [9.17, 15) is 43.5 Å². The van der Waals surface area contributed by atoms with Crippen LogP contribution in [0.2, 0.25) is 0 Å². The maximum absolute atomic E-state index is 15.0. The number of benzene rings is 6. The number of rotatable bonds is 18. The van der Waals surface area contributed by atoms with Crippen LogP contribution in [-0.2, 0) is 64.0 Å². The molecule has 2 heterocycles. The second-order valence-corrected chi connectivity index (χ2v) is 24.2. The molecule has 22 heteroatoms. The predicted molar refractivity (Wildman–Crippen MR) is 332 cm³/mol. The number of primary amides is 1. The lowest BCUT2D eigenvalue weighted by atomic mass is 9.99. The zero-order valence-corrected chi connectivity index (χ0v) is 48.9. The highest BCUT2D eigenvalue weighted by Gasteiger charge is 2.36. The smallest absolute Gasteiger partial charge is 0.244 e. The van der Waals surface area contributed by atoms with Gasteiger partial charge in [0.15, 0.2) is 0 Å². The molecule has 8 amide bonds. The molecule has 7 aromatic rings. The fourth-order valence-corrected chi connectivity index (χ4v) is 12.4. The van der Waals surface area contributed by atoms with Crippen LogP contribution < -0.4 is 54.4 Å². The number of amides is 8. The molecule has 0 radical (unpaired) electrons. The SMILES string of the molecule is CC(C)[C@@H]1NC(=O)[C@H](CCCCN)NC(=O)[C@@H](Cc2c[nH]c3ccccc23)NC(=O)[C@H](Cc2ccc(O)cc2)NC(=O)[C@@H](NC(=O)[C@H](N)Cc2ccc3ccccc3c2)CSSC[C@@H](C(=O)N[C@H](Cc2ccc3ccccc3c2)C(N)=O)NC1=O. The lowest BCUT2D eigenvalue weighted by Gasteiger charge is -2.29. The van der Waals surface area contributed by atoms with Crippen molar-refractivity contribution in [2.45, 2.75) is 107 Å². The first-order chi connectivity index (χ1) is 40.9. The third kappa shape index (κ3) is 17.3. The first-order valence-corrected chi connectivity index (χ1v) is 30.8. The number of aromatic nitrogens is 1. The van der Waals surface area contributed by atoms with Gasteiger partial charge in [0.05, 0.1) is 6.04 Å². The highest BCUT2D eigenvalue weighted by Crippen LogP contribution is 2.26. The summed E-state index contributed by atoms with van der Waals surface area (Å²) in [6.45, 7) is 3.69. The maximum atomic E-state index is 15.0. The minimum absolute atomic E-state index is 0.0182. The number of phenolic OH excluding ortho intramolecular Hbond substituents is 1. The third-order valence-electron chi connectivity index (χ3n) is 14.9. The molecule has 0 spiro atoms. The number of carbonyl (C=O) groups is 8. The molecule has 446 valence electrons. The Morgan fingerprint density at radius 2 is 1.19 bits per heavy atom. The molecule has 0 saturated carbocycles. The minimum atomic E-state index is -1.41. The van der Waals surface area contributed by atoms with E-state index in [4.69, 9.17) is 17.2 Å². The fraction of sp³-hybridized carbons (Fsp3) is 0.333. The van der Waals surface area contributed by atoms with Crippen LogP contribution in [0.15, 0.2) is 140 Å². The molecule has 1 saturated heterocycles. The van der Waals surface area contributed by atoms with Crippen molar-refractivity contribution in [2.24, 2.45) is 23.1 Å². The van der Waals surface area contributed by atoms with Crippen LogP contribution in [0.5, 0.6) is 5.75 Å². The summed E-state index contributed by atoms with van der Waals surface area (Å²) in [5, 5.41) is 34.5. The molecule has 85 heavy (non-hydrogen) atoms. The van der Waals surface area contributed by atoms with Crippen molar-refractivity contribution < 1.29 is 43.5 Å². The Bertz CT molecular complexity index is 3530. The van der Waals surface area contributed by atoms with E-state index in [0.717, 1.165) is 59.6 Å². The number of fused-ring (bicyclic) bond motifs is 3. The van der Waals surface area contributed by atoms with Gasteiger partial charge in [-0.05, 0) is 100 Å². The Morgan fingerprint density at radius 3 is 1.84 bits per heavy atom. The Balaban J connectivity index is 1.14. The van der Waals surface area contributed by atoms with Gasteiger partial charge in [-0.2, -0.15) is 0 Å². The van der Waals surface area contributed by atoms with Crippen molar-refractivity contribution >= 4 is 101 Å². The number of aromatic hydroxyl groups is 1. The predicted octanol–water partition coefficient (Wildman–Crippen LogP) is 3.84. The Kier molecular flexibility index (Phi) is 22.0. The van der Waals surface area contributed by atoms with E-state index < -0.39 is 102 Å². The molecule has 1 aliphatic rings. The van der Waals surface area contributed by atoms with Gasteiger partial charge >= 0.3 is 0 Å². The number of aromatic amines is 1. The number of carbonyl (C=O) groups excluding carboxylic acids is 8. The van der Waals surface area contributed by atoms with E-state index in [-0.39, 0.29) is 55.9 Å². The average molecular weight is 1190 g/mol. The van der Waals surface area contributed by atoms with Crippen LogP contribution in [0.25, 0.3) is 32.4 Å². The summed E-state index contributed by atoms with van der Waals surface area (Å²) in [5.41, 5.74) is 21.8. The summed E-state index contributed by atoms with van der Waals surface area (Å²) in [5.74, 6) is -7.08. The van der Waals surface area contributed by atoms with Crippen LogP contribution >= 0.6 is 21.6 Å². The molecule has 8 rings (SSSR count). The number of nitrogens with one attached hydrogen (secondary N) is 8. The van der Waals surface area contributed by atoms with Gasteiger partial charge in [0.1, 0.15) is 48.0 Å². The summed E-state index contributed by atoms with van der Waals surface area (Å²) >= 11 is 0. The number of nitrogens with two attached hydrogens (primary N) is 3. The zero-order valence-electron chi connectivity index (χ0n) is 47.3. The van der Waals surface area contributed by atoms with Crippen molar-refractivity contribution in [1.29, 1.82) is 0 Å². The standard InChI is InChI=1S/C63H73N11O9S2/c1-36(2)55-63(83)73-54(61(81)69-50(56(66)76)31-39-19-23-41-12-4-6-14-43(41)28-39)35-85-84-34-53(72-57(77)47(65)29-38-18-22-40-11-3-5-13-42(40)27-38)62(82)70-51(30-37-20-24-45(75)25-21-37)59(79)71-52(32-44-33-67-48-16-8-7-15-46(44)48)60(80)68-49(58(78)74-55)17-9-10-26-64/h3-8,11-16,18-25,27-28,33,36,47,49-55,67,75H,9-10,17,26,29-32,34-35,64-65H2,1-2H3,(H2,66,76)(H,68,80)(H,69,81)(H,70,82)(H,71,79)(H,72,77)(H,73,83)(H,74,78)/t47-,49+,50-,51+,52-,53+,54+,55+/m1/s1. The molecule has 1 fully saturated rings. The lowest BCUT2D eigenvalue weighted by Crippen LogP contribution is -2.61. The number of hydrogen-bond acceptors (Lipinski definition) is 13. The molecule has 0 unspecified atom stereocenters. The molecular formula is C63H73N11O9S2. The quantitative estimate of drug-likeness (QED) is 0.0430. The Hall–Kier alpha value is -8.44. The van der Waals surface area contributed by atoms with Crippen LogP contribution in [0.3, 0.4) is 0 Å². The van der Waals surface area contributed by atoms with Gasteiger partial charge in [-0.1, -0.05) is 151 Å². The number of H-pyrrole nitrogens is 1. The summed E-state index contributed by atoms with van der Waals surface area (Å²) < 4.78 is 0. The first kappa shape index (κ1) is 62.6. The van der Waals surface area contributed by atoms with E-state index in [1.807, 2.05) is 109 Å². The van der Waals surface area contributed by atoms with Crippen molar-refractivity contribution in [3.05, 3.63) is 162 Å². The van der Waals surface area contributed by atoms with Crippen molar-refractivity contribution in [3.8, 4) is 5.75 Å². The highest BCUT2D eigenvalue weighted by atomic mass is 33.1. The summed E-state index contributed by atoms with van der Waals surface area (Å²) in [7, 11) is 2.14. The van der Waals surface area contributed by atoms with Gasteiger partial charge in [0, 0.05) is 47.9 Å². The molecule has 15 N–H and O–H groups in total. The highest BCUT2D eigenvalue weighted by molar-refractivity contribution is 8.76. The van der Waals surface area contributed by atoms with Crippen molar-refractivity contribution in [1.82, 2.24) is 42.2 Å². The van der Waals surface area contributed by atoms with Gasteiger partial charge in [-0.3, -0.25) is 38.4 Å². The average Bonchev–Trinajstić information content (AvgIpc) is 4.02. The van der Waals surface area contributed by atoms with E-state index in [0.29, 0.717) is 29.5 Å². The number of para-hydroxylation sites is 1. The van der Waals surface area contributed by atoms with Gasteiger partial charge in [-0.15, -0.1) is 0 Å². The Labute approximate surface area is 500 Å². The van der Waals surface area contributed by atoms with Crippen LogP contribution in [0.4, 0.5) is 0 Å². The molecular weight excluding hydrogens is 1120 g/mol. The summed E-state index contributed by atoms with van der Waals surface area (Å²) in [4.78, 5) is 119. The monoisotopic (exact) mass is 1190 g/mol. The van der Waals surface area contributed by atoms with E-state index in [1.54, 1.807) is 32.2 Å². The van der Waals surface area contributed by atoms with E-state index >= 15 is 0 Å². The molecule has 6 aromatic carbocycles. The van der Waals surface area contributed by atoms with E-state index in [2.05, 4.69) is 42.2 Å². The molecule has 1 aromatic heterocycles. The topological polar surface area (TPSA) is 335 Å². The normalized spacial score (nSPS) is 20.3. The maximum Gasteiger partial charge on any atom is 0.244 e. The van der Waals surface area contributed by atoms with Crippen LogP contribution in [0, 0.1) is 5.92 Å². The van der Waals surface area contributed by atoms with E-state index in [1.165, 1.54) is 12.1 Å². The second-order valence-electron chi connectivity index (χ2n) is 21.7. The van der Waals surface area contributed by atoms with Gasteiger partial charge in [0.2, 0.25) is 47.3 Å². The number of phenols is 1. The molecule has 8 atom stereocenters. The minimum Gasteiger partial charge on any atom is -0.508 e. The van der Waals surface area contributed by atoms with Crippen LogP contribution in [-0.4, -0.2) is 124 Å². The number of unbranched alkanes of at least 4 members (excludes halogenated alkanes) is 1. The van der Waals surface area contributed by atoms with Gasteiger partial charge in [-0.25, -0.2) is 0 Å². The van der Waals surface area contributed by atoms with Crippen LogP contribution in [0.1, 0.15) is 55.4 Å². The molecule has 0 aliphatic carbocycles. The Morgan fingerprint density at radius 1 is 0.624 bits per heavy atom. The molecule has 0 bridgehead atoms. The summed E-state index contributed by atoms with van der Waals surface area (Å²) in [6, 6.07) is 29.7. The van der Waals surface area contributed by atoms with Crippen molar-refractivity contribution in [2.75, 3.05) is 18.1 Å². The van der Waals surface area contributed by atoms with Gasteiger partial charge in [0.25, 0.3) is 0 Å². The fourth-order valence-electron chi connectivity index (χ4n) is 10.1. The molecule has 1 aliphatic heterocycles. The first-order valence-electron chi connectivity index (χ1n) is 28.3. The molecule has 20 nitrogen and oxygen atoms in total. The zero-order chi connectivity index (χ0) is 60.6. The largest absolute Gasteiger partial charge is 0.508 e.